The van der Waals surface area contributed by atoms with E-state index in [1.807, 2.05) is 12.3 Å². The summed E-state index contributed by atoms with van der Waals surface area (Å²) >= 11 is 1.39. The maximum atomic E-state index is 11.6. The Morgan fingerprint density at radius 2 is 1.82 bits per heavy atom. The van der Waals surface area contributed by atoms with E-state index >= 15 is 0 Å². The molecular weight excluding hydrogens is 366 g/mol. The largest absolute Gasteiger partial charge is 0.480 e. The Bertz CT molecular complexity index is 1040. The molecule has 0 bridgehead atoms. The van der Waals surface area contributed by atoms with Crippen molar-refractivity contribution >= 4 is 28.5 Å². The van der Waals surface area contributed by atoms with Gasteiger partial charge in [0.25, 0.3) is 0 Å². The van der Waals surface area contributed by atoms with E-state index in [1.54, 1.807) is 20.0 Å². The summed E-state index contributed by atoms with van der Waals surface area (Å²) < 4.78 is -0.895. The molecule has 4 heteroatoms. The number of carboxylic acids is 1. The number of carbonyl (C=O) groups is 1. The zero-order valence-electron chi connectivity index (χ0n) is 16.5. The van der Waals surface area contributed by atoms with Crippen LogP contribution >= 0.6 is 11.8 Å². The minimum atomic E-state index is -0.895. The number of nitrogens with zero attached hydrogens (tertiary/aromatic N) is 1. The Balaban J connectivity index is 1.78. The van der Waals surface area contributed by atoms with Gasteiger partial charge in [0.05, 0.1) is 0 Å². The second-order valence-corrected chi connectivity index (χ2v) is 9.78. The van der Waals surface area contributed by atoms with Gasteiger partial charge in [-0.2, -0.15) is 0 Å². The van der Waals surface area contributed by atoms with E-state index in [9.17, 15) is 9.90 Å². The summed E-state index contributed by atoms with van der Waals surface area (Å²) in [7, 11) is 0. The maximum Gasteiger partial charge on any atom is 0.319 e. The molecule has 1 unspecified atom stereocenters. The van der Waals surface area contributed by atoms with E-state index in [1.165, 1.54) is 46.5 Å². The van der Waals surface area contributed by atoms with Gasteiger partial charge < -0.3 is 5.11 Å². The second-order valence-electron chi connectivity index (χ2n) is 8.12. The molecule has 28 heavy (non-hydrogen) atoms. The Kier molecular flexibility index (Phi) is 4.92. The van der Waals surface area contributed by atoms with Crippen molar-refractivity contribution in [2.45, 2.75) is 55.1 Å². The predicted molar refractivity (Wildman–Crippen MR) is 115 cm³/mol. The van der Waals surface area contributed by atoms with Gasteiger partial charge in [-0.3, -0.25) is 9.78 Å². The van der Waals surface area contributed by atoms with Gasteiger partial charge in [-0.15, -0.1) is 11.8 Å². The first kappa shape index (κ1) is 19.0. The lowest BCUT2D eigenvalue weighted by molar-refractivity contribution is -0.138. The molecule has 1 heterocycles. The molecule has 1 saturated carbocycles. The predicted octanol–water partition coefficient (Wildman–Crippen LogP) is 6.22. The molecule has 4 rings (SSSR count). The van der Waals surface area contributed by atoms with Crippen molar-refractivity contribution < 1.29 is 9.90 Å². The lowest BCUT2D eigenvalue weighted by Crippen LogP contribution is -2.27. The van der Waals surface area contributed by atoms with Crippen molar-refractivity contribution in [1.82, 2.24) is 4.98 Å². The molecule has 0 radical (unpaired) electrons. The van der Waals surface area contributed by atoms with E-state index in [4.69, 9.17) is 0 Å². The number of rotatable bonds is 6. The van der Waals surface area contributed by atoms with Gasteiger partial charge in [-0.05, 0) is 66.1 Å². The van der Waals surface area contributed by atoms with E-state index < -0.39 is 10.7 Å². The Morgan fingerprint density at radius 1 is 1.11 bits per heavy atom. The fraction of sp³-hybridized carbons (Fsp3) is 0.333. The summed E-state index contributed by atoms with van der Waals surface area (Å²) in [5.41, 5.74) is 3.80. The molecule has 3 nitrogen and oxygen atoms in total. The first-order valence-electron chi connectivity index (χ1n) is 9.76. The molecule has 0 saturated heterocycles. The SMILES string of the molecule is CC(c1cnccc1SC(C)(C)C(=O)O)c1ccc(C2CC2)c2ccccc12. The summed E-state index contributed by atoms with van der Waals surface area (Å²) in [6.45, 7) is 5.68. The number of benzene rings is 2. The molecule has 1 aliphatic rings. The molecule has 1 N–H and O–H groups in total. The molecule has 0 spiro atoms. The van der Waals surface area contributed by atoms with Crippen LogP contribution in [0.5, 0.6) is 0 Å². The van der Waals surface area contributed by atoms with Gasteiger partial charge in [0.1, 0.15) is 4.75 Å². The van der Waals surface area contributed by atoms with Crippen LogP contribution in [0.15, 0.2) is 59.8 Å². The minimum absolute atomic E-state index is 0.124. The zero-order valence-corrected chi connectivity index (χ0v) is 17.3. The van der Waals surface area contributed by atoms with Gasteiger partial charge in [0.2, 0.25) is 0 Å². The zero-order chi connectivity index (χ0) is 19.9. The van der Waals surface area contributed by atoms with Crippen LogP contribution in [-0.4, -0.2) is 20.8 Å². The van der Waals surface area contributed by atoms with Gasteiger partial charge in [0.15, 0.2) is 0 Å². The van der Waals surface area contributed by atoms with Gasteiger partial charge in [0, 0.05) is 23.2 Å². The quantitative estimate of drug-likeness (QED) is 0.507. The Morgan fingerprint density at radius 3 is 2.50 bits per heavy atom. The summed E-state index contributed by atoms with van der Waals surface area (Å²) in [5.74, 6) is 0.0150. The topological polar surface area (TPSA) is 50.2 Å². The van der Waals surface area contributed by atoms with Crippen molar-refractivity contribution in [1.29, 1.82) is 0 Å². The van der Waals surface area contributed by atoms with Crippen molar-refractivity contribution in [3.8, 4) is 0 Å². The molecule has 3 aromatic rings. The van der Waals surface area contributed by atoms with E-state index in [2.05, 4.69) is 48.3 Å². The second kappa shape index (κ2) is 7.25. The molecule has 2 aromatic carbocycles. The Labute approximate surface area is 170 Å². The third-order valence-corrected chi connectivity index (χ3v) is 6.91. The van der Waals surface area contributed by atoms with Crippen LogP contribution in [0.2, 0.25) is 0 Å². The summed E-state index contributed by atoms with van der Waals surface area (Å²) in [6, 6.07) is 15.1. The lowest BCUT2D eigenvalue weighted by atomic mass is 9.87. The normalized spacial score (nSPS) is 15.5. The molecule has 144 valence electrons. The molecule has 1 aromatic heterocycles. The highest BCUT2D eigenvalue weighted by molar-refractivity contribution is 8.01. The summed E-state index contributed by atoms with van der Waals surface area (Å²) in [5, 5.41) is 12.2. The standard InChI is InChI=1S/C24H25NO2S/c1-15(21-14-25-13-12-22(21)28-24(2,3)23(26)27)17-10-11-18(16-8-9-16)20-7-5-4-6-19(17)20/h4-7,10-16H,8-9H2,1-3H3,(H,26,27). The molecule has 1 aliphatic carbocycles. The van der Waals surface area contributed by atoms with Gasteiger partial charge in [-0.1, -0.05) is 43.3 Å². The monoisotopic (exact) mass is 391 g/mol. The molecule has 1 atom stereocenters. The minimum Gasteiger partial charge on any atom is -0.480 e. The number of aliphatic carboxylic acids is 1. The maximum absolute atomic E-state index is 11.6. The number of hydrogen-bond donors (Lipinski definition) is 1. The molecule has 0 aliphatic heterocycles. The summed E-state index contributed by atoms with van der Waals surface area (Å²) in [4.78, 5) is 16.9. The van der Waals surface area contributed by atoms with Crippen molar-refractivity contribution in [3.63, 3.8) is 0 Å². The third-order valence-electron chi connectivity index (χ3n) is 5.63. The molecule has 0 amide bonds. The van der Waals surface area contributed by atoms with Crippen LogP contribution < -0.4 is 0 Å². The summed E-state index contributed by atoms with van der Waals surface area (Å²) in [6.07, 6.45) is 6.19. The Hall–Kier alpha value is -2.33. The van der Waals surface area contributed by atoms with E-state index in [-0.39, 0.29) is 5.92 Å². The number of carboxylic acid groups (broad SMARTS) is 1. The van der Waals surface area contributed by atoms with E-state index in [0.29, 0.717) is 5.92 Å². The average Bonchev–Trinajstić information content (AvgIpc) is 3.52. The molecular formula is C24H25NO2S. The highest BCUT2D eigenvalue weighted by Crippen LogP contribution is 2.45. The number of thioether (sulfide) groups is 1. The van der Waals surface area contributed by atoms with E-state index in [0.717, 1.165) is 10.5 Å². The van der Waals surface area contributed by atoms with Crippen LogP contribution in [0.3, 0.4) is 0 Å². The number of hydrogen-bond acceptors (Lipinski definition) is 3. The smallest absolute Gasteiger partial charge is 0.319 e. The van der Waals surface area contributed by atoms with Crippen LogP contribution in [0.1, 0.15) is 62.1 Å². The highest BCUT2D eigenvalue weighted by atomic mass is 32.2. The first-order chi connectivity index (χ1) is 13.4. The highest BCUT2D eigenvalue weighted by Gasteiger charge is 2.31. The van der Waals surface area contributed by atoms with Crippen LogP contribution in [0, 0.1) is 0 Å². The average molecular weight is 392 g/mol. The van der Waals surface area contributed by atoms with Crippen molar-refractivity contribution in [2.24, 2.45) is 0 Å². The molecule has 1 fully saturated rings. The fourth-order valence-corrected chi connectivity index (χ4v) is 4.89. The lowest BCUT2D eigenvalue weighted by Gasteiger charge is -2.23. The van der Waals surface area contributed by atoms with Crippen LogP contribution in [0.4, 0.5) is 0 Å². The van der Waals surface area contributed by atoms with Crippen molar-refractivity contribution in [2.75, 3.05) is 0 Å². The van der Waals surface area contributed by atoms with Crippen molar-refractivity contribution in [3.05, 3.63) is 71.5 Å². The van der Waals surface area contributed by atoms with Crippen LogP contribution in [0.25, 0.3) is 10.8 Å². The number of aromatic nitrogens is 1. The van der Waals surface area contributed by atoms with Gasteiger partial charge >= 0.3 is 5.97 Å². The number of fused-ring (bicyclic) bond motifs is 1. The third kappa shape index (κ3) is 3.53. The first-order valence-corrected chi connectivity index (χ1v) is 10.6. The number of pyridine rings is 1. The fourth-order valence-electron chi connectivity index (χ4n) is 3.77. The van der Waals surface area contributed by atoms with Crippen LogP contribution in [-0.2, 0) is 4.79 Å². The van der Waals surface area contributed by atoms with Gasteiger partial charge in [-0.25, -0.2) is 0 Å².